The zero-order valence-electron chi connectivity index (χ0n) is 13.0. The number of H-pyrrole nitrogens is 1. The van der Waals surface area contributed by atoms with Crippen molar-refractivity contribution in [2.45, 2.75) is 13.5 Å². The normalized spacial score (nSPS) is 10.5. The molecule has 0 amide bonds. The average Bonchev–Trinajstić information content (AvgIpc) is 2.95. The van der Waals surface area contributed by atoms with Crippen LogP contribution in [0.4, 0.5) is 0 Å². The maximum absolute atomic E-state index is 5.42. The van der Waals surface area contributed by atoms with Gasteiger partial charge in [-0.1, -0.05) is 36.4 Å². The van der Waals surface area contributed by atoms with Crippen LogP contribution in [0.5, 0.6) is 5.75 Å². The number of aromatic amines is 1. The van der Waals surface area contributed by atoms with Gasteiger partial charge in [0, 0.05) is 0 Å². The number of ether oxygens (including phenoxy) is 1. The van der Waals surface area contributed by atoms with Gasteiger partial charge in [0.05, 0.1) is 19.2 Å². The van der Waals surface area contributed by atoms with Gasteiger partial charge in [-0.05, 0) is 42.4 Å². The predicted octanol–water partition coefficient (Wildman–Crippen LogP) is 3.67. The zero-order chi connectivity index (χ0) is 16.2. The van der Waals surface area contributed by atoms with Gasteiger partial charge in [0.25, 0.3) is 0 Å². The Labute approximate surface area is 139 Å². The molecule has 0 bridgehead atoms. The average molecular weight is 326 g/mol. The summed E-state index contributed by atoms with van der Waals surface area (Å²) in [5.74, 6) is 1.45. The first-order valence-electron chi connectivity index (χ1n) is 7.30. The lowest BCUT2D eigenvalue weighted by molar-refractivity contribution is 0.416. The number of hydrogen-bond acceptors (Lipinski definition) is 4. The van der Waals surface area contributed by atoms with Crippen molar-refractivity contribution in [1.29, 1.82) is 0 Å². The first kappa shape index (κ1) is 15.3. The van der Waals surface area contributed by atoms with Gasteiger partial charge in [0.2, 0.25) is 4.77 Å². The van der Waals surface area contributed by atoms with Gasteiger partial charge in [-0.15, -0.1) is 0 Å². The number of rotatable bonds is 5. The van der Waals surface area contributed by atoms with Gasteiger partial charge >= 0.3 is 0 Å². The molecule has 0 saturated carbocycles. The number of nitrogens with zero attached hydrogens (tertiary/aromatic N) is 2. The number of nitrogens with one attached hydrogen (secondary N) is 2. The van der Waals surface area contributed by atoms with Crippen molar-refractivity contribution in [3.63, 3.8) is 0 Å². The summed E-state index contributed by atoms with van der Waals surface area (Å²) in [5, 5.41) is 7.17. The fourth-order valence-electron chi connectivity index (χ4n) is 2.43. The minimum atomic E-state index is 0.513. The van der Waals surface area contributed by atoms with E-state index in [-0.39, 0.29) is 0 Å². The van der Waals surface area contributed by atoms with E-state index < -0.39 is 0 Å². The molecule has 3 aromatic rings. The highest BCUT2D eigenvalue weighted by atomic mass is 32.1. The van der Waals surface area contributed by atoms with E-state index in [1.165, 1.54) is 11.1 Å². The molecule has 3 rings (SSSR count). The minimum absolute atomic E-state index is 0.513. The van der Waals surface area contributed by atoms with E-state index in [2.05, 4.69) is 34.7 Å². The third-order valence-corrected chi connectivity index (χ3v) is 3.98. The smallest absolute Gasteiger partial charge is 0.214 e. The van der Waals surface area contributed by atoms with Gasteiger partial charge in [0.15, 0.2) is 5.82 Å². The number of hydrogen-bond donors (Lipinski definition) is 2. The molecule has 5 nitrogen and oxygen atoms in total. The highest BCUT2D eigenvalue weighted by molar-refractivity contribution is 7.71. The maximum atomic E-state index is 5.42. The Morgan fingerprint density at radius 2 is 1.91 bits per heavy atom. The predicted molar refractivity (Wildman–Crippen MR) is 93.6 cm³/mol. The molecule has 0 atom stereocenters. The Morgan fingerprint density at radius 1 is 1.17 bits per heavy atom. The fourth-order valence-corrected chi connectivity index (χ4v) is 2.62. The van der Waals surface area contributed by atoms with Crippen molar-refractivity contribution < 1.29 is 4.74 Å². The molecule has 0 aliphatic rings. The van der Waals surface area contributed by atoms with Crippen LogP contribution in [0.2, 0.25) is 0 Å². The second-order valence-corrected chi connectivity index (χ2v) is 5.54. The molecule has 0 unspecified atom stereocenters. The molecule has 2 aromatic carbocycles. The van der Waals surface area contributed by atoms with Crippen LogP contribution in [0.25, 0.3) is 11.4 Å². The van der Waals surface area contributed by atoms with Crippen LogP contribution in [0, 0.1) is 11.7 Å². The monoisotopic (exact) mass is 326 g/mol. The molecule has 0 saturated heterocycles. The summed E-state index contributed by atoms with van der Waals surface area (Å²) in [6.45, 7) is 2.75. The molecule has 118 valence electrons. The number of aryl methyl sites for hydroxylation is 1. The standard InChI is InChI=1S/C17H18N4OS/c1-12-7-3-4-8-13(12)11-18-21-16(19-20-17(21)23)14-9-5-6-10-15(14)22-2/h3-10,18H,11H2,1-2H3,(H,20,23). The van der Waals surface area contributed by atoms with Crippen LogP contribution in [0.1, 0.15) is 11.1 Å². The molecule has 0 aliphatic carbocycles. The van der Waals surface area contributed by atoms with E-state index in [1.54, 1.807) is 11.8 Å². The maximum Gasteiger partial charge on any atom is 0.214 e. The molecular weight excluding hydrogens is 308 g/mol. The Hall–Kier alpha value is -2.60. The molecule has 0 aliphatic heterocycles. The number of methoxy groups -OCH3 is 1. The highest BCUT2D eigenvalue weighted by Crippen LogP contribution is 2.27. The van der Waals surface area contributed by atoms with Gasteiger partial charge in [-0.25, -0.2) is 9.77 Å². The van der Waals surface area contributed by atoms with Crippen molar-refractivity contribution in [2.24, 2.45) is 0 Å². The van der Waals surface area contributed by atoms with Crippen LogP contribution in [0.3, 0.4) is 0 Å². The fraction of sp³-hybridized carbons (Fsp3) is 0.176. The summed E-state index contributed by atoms with van der Waals surface area (Å²) >= 11 is 5.34. The molecule has 0 radical (unpaired) electrons. The topological polar surface area (TPSA) is 54.9 Å². The van der Waals surface area contributed by atoms with E-state index in [9.17, 15) is 0 Å². The lowest BCUT2D eigenvalue weighted by Gasteiger charge is -2.13. The van der Waals surface area contributed by atoms with E-state index in [1.807, 2.05) is 36.4 Å². The quantitative estimate of drug-likeness (QED) is 0.703. The third-order valence-electron chi connectivity index (χ3n) is 3.71. The van der Waals surface area contributed by atoms with Gasteiger partial charge < -0.3 is 10.2 Å². The van der Waals surface area contributed by atoms with Crippen LogP contribution >= 0.6 is 12.2 Å². The highest BCUT2D eigenvalue weighted by Gasteiger charge is 2.13. The van der Waals surface area contributed by atoms with Crippen LogP contribution in [-0.4, -0.2) is 22.0 Å². The molecular formula is C17H18N4OS. The van der Waals surface area contributed by atoms with Crippen LogP contribution < -0.4 is 10.2 Å². The molecule has 0 spiro atoms. The van der Waals surface area contributed by atoms with Gasteiger partial charge in [0.1, 0.15) is 5.75 Å². The second kappa shape index (κ2) is 6.66. The molecule has 1 heterocycles. The Kier molecular flexibility index (Phi) is 4.43. The van der Waals surface area contributed by atoms with Crippen molar-refractivity contribution in [1.82, 2.24) is 14.9 Å². The lowest BCUT2D eigenvalue weighted by atomic mass is 10.1. The molecule has 0 fully saturated rings. The number of aromatic nitrogens is 3. The molecule has 6 heteroatoms. The van der Waals surface area contributed by atoms with E-state index in [0.29, 0.717) is 17.1 Å². The second-order valence-electron chi connectivity index (χ2n) is 5.15. The van der Waals surface area contributed by atoms with Crippen molar-refractivity contribution in [3.05, 3.63) is 64.4 Å². The molecule has 2 N–H and O–H groups in total. The SMILES string of the molecule is COc1ccccc1-c1n[nH]c(=S)n1NCc1ccccc1C. The molecule has 1 aromatic heterocycles. The number of benzene rings is 2. The van der Waals surface area contributed by atoms with Crippen molar-refractivity contribution in [2.75, 3.05) is 12.5 Å². The third kappa shape index (κ3) is 3.12. The minimum Gasteiger partial charge on any atom is -0.496 e. The largest absolute Gasteiger partial charge is 0.496 e. The van der Waals surface area contributed by atoms with Crippen molar-refractivity contribution >= 4 is 12.2 Å². The Morgan fingerprint density at radius 3 is 2.70 bits per heavy atom. The summed E-state index contributed by atoms with van der Waals surface area (Å²) in [7, 11) is 1.64. The number of para-hydroxylation sites is 1. The van der Waals surface area contributed by atoms with E-state index in [0.717, 1.165) is 11.3 Å². The summed E-state index contributed by atoms with van der Waals surface area (Å²) in [4.78, 5) is 0. The van der Waals surface area contributed by atoms with E-state index >= 15 is 0 Å². The van der Waals surface area contributed by atoms with E-state index in [4.69, 9.17) is 17.0 Å². The lowest BCUT2D eigenvalue weighted by Crippen LogP contribution is -2.16. The summed E-state index contributed by atoms with van der Waals surface area (Å²) < 4.78 is 7.71. The Balaban J connectivity index is 1.94. The first-order valence-corrected chi connectivity index (χ1v) is 7.70. The Bertz CT molecular complexity index is 869. The summed E-state index contributed by atoms with van der Waals surface area (Å²) in [5.41, 5.74) is 6.65. The van der Waals surface area contributed by atoms with Gasteiger partial charge in [-0.3, -0.25) is 0 Å². The van der Waals surface area contributed by atoms with Crippen molar-refractivity contribution in [3.8, 4) is 17.1 Å². The first-order chi connectivity index (χ1) is 11.2. The molecule has 23 heavy (non-hydrogen) atoms. The van der Waals surface area contributed by atoms with Crippen LogP contribution in [-0.2, 0) is 6.54 Å². The summed E-state index contributed by atoms with van der Waals surface area (Å²) in [6.07, 6.45) is 0. The zero-order valence-corrected chi connectivity index (χ0v) is 13.9. The summed E-state index contributed by atoms with van der Waals surface area (Å²) in [6, 6.07) is 16.0. The van der Waals surface area contributed by atoms with Gasteiger partial charge in [-0.2, -0.15) is 5.10 Å². The van der Waals surface area contributed by atoms with Crippen LogP contribution in [0.15, 0.2) is 48.5 Å².